The third-order valence-electron chi connectivity index (χ3n) is 1.79. The van der Waals surface area contributed by atoms with E-state index in [1.165, 1.54) is 0 Å². The number of ether oxygens (including phenoxy) is 1. The molecule has 0 aromatic heterocycles. The van der Waals surface area contributed by atoms with E-state index in [9.17, 15) is 0 Å². The molecule has 2 unspecified atom stereocenters. The van der Waals surface area contributed by atoms with E-state index in [0.717, 1.165) is 0 Å². The fourth-order valence-corrected chi connectivity index (χ4v) is 1.14. The van der Waals surface area contributed by atoms with E-state index in [2.05, 4.69) is 0 Å². The topological polar surface area (TPSA) is 49.7 Å². The molecule has 1 aliphatic rings. The van der Waals surface area contributed by atoms with Crippen molar-refractivity contribution in [2.24, 2.45) is 0 Å². The molecule has 3 nitrogen and oxygen atoms in total. The molecule has 2 N–H and O–H groups in total. The summed E-state index contributed by atoms with van der Waals surface area (Å²) in [5.74, 6) is 0. The first kappa shape index (κ1) is 6.99. The molecule has 0 amide bonds. The van der Waals surface area contributed by atoms with Crippen LogP contribution in [0.3, 0.4) is 0 Å². The van der Waals surface area contributed by atoms with Gasteiger partial charge in [0.1, 0.15) is 0 Å². The minimum absolute atomic E-state index is 0.0509. The number of hydrogen-bond donors (Lipinski definition) is 2. The summed E-state index contributed by atoms with van der Waals surface area (Å²) in [5, 5.41) is 17.9. The minimum atomic E-state index is -0.574. The molecule has 9 heavy (non-hydrogen) atoms. The Morgan fingerprint density at radius 1 is 1.22 bits per heavy atom. The van der Waals surface area contributed by atoms with Crippen LogP contribution in [0.2, 0.25) is 0 Å². The molecule has 0 bridgehead atoms. The summed E-state index contributed by atoms with van der Waals surface area (Å²) >= 11 is 0. The fraction of sp³-hybridized carbons (Fsp3) is 1.00. The zero-order valence-electron chi connectivity index (χ0n) is 5.45. The van der Waals surface area contributed by atoms with Crippen LogP contribution in [0.25, 0.3) is 0 Å². The maximum absolute atomic E-state index is 8.97. The lowest BCUT2D eigenvalue weighted by molar-refractivity contribution is 0.0438. The Kier molecular flexibility index (Phi) is 2.05. The molecule has 3 heteroatoms. The molecule has 1 fully saturated rings. The van der Waals surface area contributed by atoms with Crippen molar-refractivity contribution in [1.82, 2.24) is 0 Å². The van der Waals surface area contributed by atoms with Crippen LogP contribution in [-0.4, -0.2) is 35.6 Å². The predicted molar refractivity (Wildman–Crippen MR) is 32.0 cm³/mol. The first-order valence-electron chi connectivity index (χ1n) is 3.13. The highest BCUT2D eigenvalue weighted by Crippen LogP contribution is 2.21. The van der Waals surface area contributed by atoms with Gasteiger partial charge in [-0.2, -0.15) is 0 Å². The monoisotopic (exact) mass is 132 g/mol. The van der Waals surface area contributed by atoms with Crippen molar-refractivity contribution in [1.29, 1.82) is 0 Å². The molecule has 0 aliphatic heterocycles. The molecule has 1 saturated carbocycles. The molecule has 0 heterocycles. The Morgan fingerprint density at radius 2 is 1.67 bits per heavy atom. The van der Waals surface area contributed by atoms with Gasteiger partial charge in [-0.05, 0) is 0 Å². The number of hydrogen-bond acceptors (Lipinski definition) is 3. The summed E-state index contributed by atoms with van der Waals surface area (Å²) in [6.45, 7) is 0. The lowest BCUT2D eigenvalue weighted by Crippen LogP contribution is -2.17. The van der Waals surface area contributed by atoms with Gasteiger partial charge in [-0.25, -0.2) is 0 Å². The first-order chi connectivity index (χ1) is 4.24. The van der Waals surface area contributed by atoms with Gasteiger partial charge in [-0.15, -0.1) is 0 Å². The van der Waals surface area contributed by atoms with Crippen LogP contribution in [0, 0.1) is 0 Å². The number of aliphatic hydroxyl groups is 2. The van der Waals surface area contributed by atoms with Gasteiger partial charge in [-0.3, -0.25) is 0 Å². The van der Waals surface area contributed by atoms with Crippen LogP contribution in [0.15, 0.2) is 0 Å². The first-order valence-corrected chi connectivity index (χ1v) is 3.13. The lowest BCUT2D eigenvalue weighted by atomic mass is 10.3. The van der Waals surface area contributed by atoms with Crippen molar-refractivity contribution < 1.29 is 14.9 Å². The van der Waals surface area contributed by atoms with Gasteiger partial charge >= 0.3 is 0 Å². The quantitative estimate of drug-likeness (QED) is 0.506. The van der Waals surface area contributed by atoms with Crippen LogP contribution >= 0.6 is 0 Å². The zero-order chi connectivity index (χ0) is 6.85. The standard InChI is InChI=1S/C6H12O3/c1-9-4-2-5(7)6(8)3-4/h4-8H,2-3H2,1H3/t4?,5-,6?/m1/s1. The van der Waals surface area contributed by atoms with E-state index in [4.69, 9.17) is 14.9 Å². The summed E-state index contributed by atoms with van der Waals surface area (Å²) in [5.41, 5.74) is 0. The second-order valence-corrected chi connectivity index (χ2v) is 2.46. The van der Waals surface area contributed by atoms with Crippen LogP contribution in [0.5, 0.6) is 0 Å². The predicted octanol–water partition coefficient (Wildman–Crippen LogP) is -0.483. The highest BCUT2D eigenvalue weighted by atomic mass is 16.5. The highest BCUT2D eigenvalue weighted by molar-refractivity contribution is 4.82. The lowest BCUT2D eigenvalue weighted by Gasteiger charge is -2.03. The van der Waals surface area contributed by atoms with E-state index < -0.39 is 12.2 Å². The van der Waals surface area contributed by atoms with Crippen molar-refractivity contribution in [3.63, 3.8) is 0 Å². The second kappa shape index (κ2) is 2.64. The van der Waals surface area contributed by atoms with Crippen molar-refractivity contribution in [3.8, 4) is 0 Å². The molecule has 1 aliphatic carbocycles. The summed E-state index contributed by atoms with van der Waals surface area (Å²) in [6, 6.07) is 0. The van der Waals surface area contributed by atoms with Crippen LogP contribution < -0.4 is 0 Å². The Bertz CT molecular complexity index is 84.3. The highest BCUT2D eigenvalue weighted by Gasteiger charge is 2.30. The molecule has 1 rings (SSSR count). The van der Waals surface area contributed by atoms with Gasteiger partial charge in [0.05, 0.1) is 18.3 Å². The summed E-state index contributed by atoms with van der Waals surface area (Å²) in [7, 11) is 1.59. The third-order valence-corrected chi connectivity index (χ3v) is 1.79. The van der Waals surface area contributed by atoms with Gasteiger partial charge in [0.15, 0.2) is 0 Å². The maximum Gasteiger partial charge on any atom is 0.0824 e. The van der Waals surface area contributed by atoms with E-state index in [0.29, 0.717) is 12.8 Å². The Morgan fingerprint density at radius 3 is 1.89 bits per heavy atom. The number of aliphatic hydroxyl groups excluding tert-OH is 2. The third kappa shape index (κ3) is 1.41. The van der Waals surface area contributed by atoms with Crippen molar-refractivity contribution in [3.05, 3.63) is 0 Å². The molecule has 0 aromatic carbocycles. The summed E-state index contributed by atoms with van der Waals surface area (Å²) in [4.78, 5) is 0. The maximum atomic E-state index is 8.97. The second-order valence-electron chi connectivity index (χ2n) is 2.46. The van der Waals surface area contributed by atoms with Crippen LogP contribution in [0.4, 0.5) is 0 Å². The Labute approximate surface area is 54.3 Å². The van der Waals surface area contributed by atoms with Crippen molar-refractivity contribution in [2.45, 2.75) is 31.2 Å². The Hall–Kier alpha value is -0.120. The van der Waals surface area contributed by atoms with Gasteiger partial charge in [0.25, 0.3) is 0 Å². The summed E-state index contributed by atoms with van der Waals surface area (Å²) < 4.78 is 4.93. The molecule has 0 aromatic rings. The van der Waals surface area contributed by atoms with Gasteiger partial charge in [0.2, 0.25) is 0 Å². The van der Waals surface area contributed by atoms with Gasteiger partial charge in [-0.1, -0.05) is 0 Å². The fourth-order valence-electron chi connectivity index (χ4n) is 1.14. The van der Waals surface area contributed by atoms with Gasteiger partial charge in [0, 0.05) is 20.0 Å². The molecule has 3 atom stereocenters. The average Bonchev–Trinajstić information content (AvgIpc) is 2.13. The summed E-state index contributed by atoms with van der Waals surface area (Å²) in [6.07, 6.45) is 0.0369. The number of methoxy groups -OCH3 is 1. The molecule has 0 spiro atoms. The van der Waals surface area contributed by atoms with E-state index in [1.807, 2.05) is 0 Å². The molecule has 0 saturated heterocycles. The minimum Gasteiger partial charge on any atom is -0.390 e. The van der Waals surface area contributed by atoms with Crippen LogP contribution in [0.1, 0.15) is 12.8 Å². The largest absolute Gasteiger partial charge is 0.390 e. The van der Waals surface area contributed by atoms with Gasteiger partial charge < -0.3 is 14.9 Å². The zero-order valence-corrected chi connectivity index (χ0v) is 5.45. The Balaban J connectivity index is 2.35. The number of rotatable bonds is 1. The van der Waals surface area contributed by atoms with Crippen LogP contribution in [-0.2, 0) is 4.74 Å². The van der Waals surface area contributed by atoms with E-state index in [1.54, 1.807) is 7.11 Å². The normalized spacial score (nSPS) is 43.7. The smallest absolute Gasteiger partial charge is 0.0824 e. The van der Waals surface area contributed by atoms with Crippen molar-refractivity contribution >= 4 is 0 Å². The SMILES string of the molecule is COC1CC(O)[C@H](O)C1. The van der Waals surface area contributed by atoms with Crippen molar-refractivity contribution in [2.75, 3.05) is 7.11 Å². The van der Waals surface area contributed by atoms with E-state index in [-0.39, 0.29) is 6.10 Å². The van der Waals surface area contributed by atoms with E-state index >= 15 is 0 Å². The average molecular weight is 132 g/mol. The molecule has 54 valence electrons. The molecule has 0 radical (unpaired) electrons. The molecular weight excluding hydrogens is 120 g/mol. The molecular formula is C6H12O3.